The van der Waals surface area contributed by atoms with Gasteiger partial charge < -0.3 is 9.47 Å². The Hall–Kier alpha value is -2.12. The Morgan fingerprint density at radius 3 is 2.85 bits per heavy atom. The van der Waals surface area contributed by atoms with Crippen molar-refractivity contribution in [1.82, 2.24) is 14.5 Å². The van der Waals surface area contributed by atoms with Gasteiger partial charge in [0.15, 0.2) is 0 Å². The highest BCUT2D eigenvalue weighted by molar-refractivity contribution is 5.37. The average molecular weight is 268 g/mol. The molecule has 1 heterocycles. The maximum absolute atomic E-state index is 9.08. The summed E-state index contributed by atoms with van der Waals surface area (Å²) in [4.78, 5) is 6.47. The smallest absolute Gasteiger partial charge is 0.105 e. The van der Waals surface area contributed by atoms with E-state index in [0.717, 1.165) is 43.0 Å². The summed E-state index contributed by atoms with van der Waals surface area (Å²) < 4.78 is 2.16. The summed E-state index contributed by atoms with van der Waals surface area (Å²) in [5.41, 5.74) is 1.86. The zero-order valence-electron chi connectivity index (χ0n) is 12.1. The molecule has 4 nitrogen and oxygen atoms in total. The SMILES string of the molecule is Cc1nccn1CCCN(C)Cc1ccccc1C#N. The van der Waals surface area contributed by atoms with E-state index in [-0.39, 0.29) is 0 Å². The van der Waals surface area contributed by atoms with Crippen LogP contribution in [0, 0.1) is 18.3 Å². The maximum Gasteiger partial charge on any atom is 0.105 e. The molecular formula is C16H20N4. The van der Waals surface area contributed by atoms with Gasteiger partial charge in [-0.1, -0.05) is 18.2 Å². The van der Waals surface area contributed by atoms with Crippen molar-refractivity contribution in [1.29, 1.82) is 5.26 Å². The molecule has 0 fully saturated rings. The average Bonchev–Trinajstić information content (AvgIpc) is 2.85. The van der Waals surface area contributed by atoms with Gasteiger partial charge in [0.05, 0.1) is 11.6 Å². The molecule has 0 aliphatic carbocycles. The summed E-state index contributed by atoms with van der Waals surface area (Å²) in [7, 11) is 2.09. The number of benzene rings is 1. The summed E-state index contributed by atoms with van der Waals surface area (Å²) in [6, 6.07) is 10.0. The van der Waals surface area contributed by atoms with Crippen LogP contribution in [0.15, 0.2) is 36.7 Å². The fourth-order valence-electron chi connectivity index (χ4n) is 2.29. The van der Waals surface area contributed by atoms with E-state index < -0.39 is 0 Å². The van der Waals surface area contributed by atoms with Gasteiger partial charge in [0, 0.05) is 25.5 Å². The molecule has 0 aliphatic rings. The van der Waals surface area contributed by atoms with Crippen LogP contribution in [0.2, 0.25) is 0 Å². The Morgan fingerprint density at radius 1 is 1.35 bits per heavy atom. The number of hydrogen-bond donors (Lipinski definition) is 0. The van der Waals surface area contributed by atoms with Crippen LogP contribution in [0.5, 0.6) is 0 Å². The first-order chi connectivity index (χ1) is 9.70. The fourth-order valence-corrected chi connectivity index (χ4v) is 2.29. The van der Waals surface area contributed by atoms with Crippen LogP contribution in [-0.4, -0.2) is 28.0 Å². The number of aryl methyl sites for hydroxylation is 2. The maximum atomic E-state index is 9.08. The number of aromatic nitrogens is 2. The molecule has 0 spiro atoms. The predicted octanol–water partition coefficient (Wildman–Crippen LogP) is 2.59. The van der Waals surface area contributed by atoms with Crippen LogP contribution in [0.1, 0.15) is 23.4 Å². The van der Waals surface area contributed by atoms with Gasteiger partial charge in [-0.05, 0) is 38.6 Å². The monoisotopic (exact) mass is 268 g/mol. The molecule has 0 N–H and O–H groups in total. The van der Waals surface area contributed by atoms with Crippen molar-refractivity contribution in [3.8, 4) is 6.07 Å². The lowest BCUT2D eigenvalue weighted by molar-refractivity contribution is 0.313. The number of nitriles is 1. The normalized spacial score (nSPS) is 10.7. The molecule has 0 atom stereocenters. The molecule has 4 heteroatoms. The lowest BCUT2D eigenvalue weighted by Crippen LogP contribution is -2.21. The standard InChI is InChI=1S/C16H20N4/c1-14-18-8-11-20(14)10-5-9-19(2)13-16-7-4-3-6-15(16)12-17/h3-4,6-8,11H,5,9-10,13H2,1-2H3. The molecule has 0 bridgehead atoms. The molecule has 0 amide bonds. The quantitative estimate of drug-likeness (QED) is 0.809. The molecule has 1 aromatic heterocycles. The summed E-state index contributed by atoms with van der Waals surface area (Å²) in [6.45, 7) is 4.81. The van der Waals surface area contributed by atoms with E-state index in [1.54, 1.807) is 0 Å². The molecule has 20 heavy (non-hydrogen) atoms. The minimum atomic E-state index is 0.768. The highest BCUT2D eigenvalue weighted by Gasteiger charge is 2.05. The van der Waals surface area contributed by atoms with Crippen molar-refractivity contribution in [2.45, 2.75) is 26.4 Å². The minimum Gasteiger partial charge on any atom is -0.335 e. The largest absolute Gasteiger partial charge is 0.335 e. The second-order valence-corrected chi connectivity index (χ2v) is 5.03. The molecule has 2 aromatic rings. The zero-order chi connectivity index (χ0) is 14.4. The van der Waals surface area contributed by atoms with Gasteiger partial charge >= 0.3 is 0 Å². The van der Waals surface area contributed by atoms with Crippen LogP contribution in [0.25, 0.3) is 0 Å². The van der Waals surface area contributed by atoms with E-state index in [1.807, 2.05) is 43.6 Å². The minimum absolute atomic E-state index is 0.768. The fraction of sp³-hybridized carbons (Fsp3) is 0.375. The Balaban J connectivity index is 1.82. The van der Waals surface area contributed by atoms with Gasteiger partial charge in [-0.2, -0.15) is 5.26 Å². The second kappa shape index (κ2) is 6.88. The van der Waals surface area contributed by atoms with Crippen molar-refractivity contribution in [2.24, 2.45) is 0 Å². The van der Waals surface area contributed by atoms with Gasteiger partial charge in [0.1, 0.15) is 5.82 Å². The topological polar surface area (TPSA) is 44.9 Å². The van der Waals surface area contributed by atoms with Crippen LogP contribution in [-0.2, 0) is 13.1 Å². The predicted molar refractivity (Wildman–Crippen MR) is 79.1 cm³/mol. The molecule has 104 valence electrons. The number of imidazole rings is 1. The van der Waals surface area contributed by atoms with E-state index in [1.165, 1.54) is 0 Å². The second-order valence-electron chi connectivity index (χ2n) is 5.03. The third kappa shape index (κ3) is 3.69. The molecule has 0 radical (unpaired) electrons. The molecular weight excluding hydrogens is 248 g/mol. The van der Waals surface area contributed by atoms with Gasteiger partial charge in [-0.15, -0.1) is 0 Å². The molecule has 0 aliphatic heterocycles. The van der Waals surface area contributed by atoms with Gasteiger partial charge in [-0.25, -0.2) is 4.98 Å². The Morgan fingerprint density at radius 2 is 2.15 bits per heavy atom. The van der Waals surface area contributed by atoms with Crippen LogP contribution in [0.4, 0.5) is 0 Å². The summed E-state index contributed by atoms with van der Waals surface area (Å²) in [5, 5.41) is 9.08. The van der Waals surface area contributed by atoms with Crippen LogP contribution < -0.4 is 0 Å². The molecule has 0 unspecified atom stereocenters. The van der Waals surface area contributed by atoms with E-state index >= 15 is 0 Å². The van der Waals surface area contributed by atoms with Crippen molar-refractivity contribution >= 4 is 0 Å². The Bertz CT molecular complexity index is 595. The lowest BCUT2D eigenvalue weighted by Gasteiger charge is -2.17. The third-order valence-electron chi connectivity index (χ3n) is 3.44. The van der Waals surface area contributed by atoms with Gasteiger partial charge in [-0.3, -0.25) is 0 Å². The first kappa shape index (κ1) is 14.3. The molecule has 0 saturated heterocycles. The zero-order valence-corrected chi connectivity index (χ0v) is 12.1. The third-order valence-corrected chi connectivity index (χ3v) is 3.44. The number of rotatable bonds is 6. The highest BCUT2D eigenvalue weighted by Crippen LogP contribution is 2.10. The highest BCUT2D eigenvalue weighted by atomic mass is 15.1. The Labute approximate surface area is 120 Å². The lowest BCUT2D eigenvalue weighted by atomic mass is 10.1. The molecule has 2 rings (SSSR count). The number of nitrogens with zero attached hydrogens (tertiary/aromatic N) is 4. The van der Waals surface area contributed by atoms with Gasteiger partial charge in [0.2, 0.25) is 0 Å². The Kier molecular flexibility index (Phi) is 4.91. The van der Waals surface area contributed by atoms with Crippen molar-refractivity contribution in [3.05, 3.63) is 53.6 Å². The molecule has 0 saturated carbocycles. The summed E-state index contributed by atoms with van der Waals surface area (Å²) in [6.07, 6.45) is 4.92. The van der Waals surface area contributed by atoms with Crippen molar-refractivity contribution in [2.75, 3.05) is 13.6 Å². The summed E-state index contributed by atoms with van der Waals surface area (Å²) >= 11 is 0. The van der Waals surface area contributed by atoms with Crippen LogP contribution in [0.3, 0.4) is 0 Å². The van der Waals surface area contributed by atoms with E-state index in [9.17, 15) is 0 Å². The van der Waals surface area contributed by atoms with Crippen molar-refractivity contribution in [3.63, 3.8) is 0 Å². The van der Waals surface area contributed by atoms with Gasteiger partial charge in [0.25, 0.3) is 0 Å². The van der Waals surface area contributed by atoms with E-state index in [0.29, 0.717) is 0 Å². The first-order valence-corrected chi connectivity index (χ1v) is 6.85. The van der Waals surface area contributed by atoms with Crippen molar-refractivity contribution < 1.29 is 0 Å². The summed E-state index contributed by atoms with van der Waals surface area (Å²) in [5.74, 6) is 1.06. The number of hydrogen-bond acceptors (Lipinski definition) is 3. The van der Waals surface area contributed by atoms with E-state index in [2.05, 4.69) is 27.6 Å². The van der Waals surface area contributed by atoms with E-state index in [4.69, 9.17) is 5.26 Å². The molecule has 1 aromatic carbocycles. The first-order valence-electron chi connectivity index (χ1n) is 6.85. The van der Waals surface area contributed by atoms with Crippen LogP contribution >= 0.6 is 0 Å².